The van der Waals surface area contributed by atoms with Gasteiger partial charge in [0.2, 0.25) is 0 Å². The van der Waals surface area contributed by atoms with Gasteiger partial charge in [-0.2, -0.15) is 0 Å². The van der Waals surface area contributed by atoms with Crippen molar-refractivity contribution < 1.29 is 9.32 Å². The molecule has 2 nitrogen and oxygen atoms in total. The molecule has 0 saturated carbocycles. The fraction of sp³-hybridized carbons (Fsp3) is 0.441. The van der Waals surface area contributed by atoms with Gasteiger partial charge in [0.1, 0.15) is 0 Å². The molecular formula is C34H47O2P. The van der Waals surface area contributed by atoms with Crippen LogP contribution in [0.3, 0.4) is 0 Å². The number of rotatable bonds is 15. The third kappa shape index (κ3) is 5.56. The third-order valence-electron chi connectivity index (χ3n) is 8.15. The van der Waals surface area contributed by atoms with Crippen molar-refractivity contribution >= 4 is 12.8 Å². The standard InChI is InChI=1S/C34H47O2P/c1-5-9-27-37(28-10-6-2,29-11-7-3,36-33(35)8-4)34(30-21-15-12-16-22-30,31-23-17-13-18-24-31)32-25-19-14-20-26-32/h12-26H,5-11,27-29H2,1-4H3. The van der Waals surface area contributed by atoms with Crippen LogP contribution in [0.25, 0.3) is 0 Å². The Bertz CT molecular complexity index is 957. The van der Waals surface area contributed by atoms with Crippen molar-refractivity contribution in [2.75, 3.05) is 18.5 Å². The van der Waals surface area contributed by atoms with Crippen LogP contribution in [-0.2, 0) is 14.5 Å². The molecule has 0 aromatic heterocycles. The normalized spacial score (nSPS) is 13.0. The first kappa shape index (κ1) is 29.1. The van der Waals surface area contributed by atoms with Gasteiger partial charge in [-0.15, -0.1) is 0 Å². The molecular weight excluding hydrogens is 471 g/mol. The van der Waals surface area contributed by atoms with Crippen molar-refractivity contribution in [3.63, 3.8) is 0 Å². The van der Waals surface area contributed by atoms with Crippen molar-refractivity contribution in [3.05, 3.63) is 108 Å². The first-order valence-corrected chi connectivity index (χ1v) is 17.1. The average Bonchev–Trinajstić information content (AvgIpc) is 2.96. The van der Waals surface area contributed by atoms with Gasteiger partial charge in [0.15, 0.2) is 0 Å². The zero-order valence-electron chi connectivity index (χ0n) is 23.5. The molecule has 0 aliphatic carbocycles. The number of carbonyl (C=O) groups is 1. The molecule has 0 fully saturated rings. The summed E-state index contributed by atoms with van der Waals surface area (Å²) in [6, 6.07) is 32.9. The first-order chi connectivity index (χ1) is 18.0. The van der Waals surface area contributed by atoms with Crippen LogP contribution >= 0.6 is 6.83 Å². The Balaban J connectivity index is 2.64. The minimum absolute atomic E-state index is 0.0480. The predicted molar refractivity (Wildman–Crippen MR) is 162 cm³/mol. The van der Waals surface area contributed by atoms with Crippen LogP contribution in [0, 0.1) is 0 Å². The van der Waals surface area contributed by atoms with Crippen molar-refractivity contribution in [2.24, 2.45) is 0 Å². The van der Waals surface area contributed by atoms with E-state index >= 15 is 0 Å². The maximum absolute atomic E-state index is 13.7. The molecule has 0 saturated heterocycles. The predicted octanol–water partition coefficient (Wildman–Crippen LogP) is 9.80. The number of unbranched alkanes of at least 4 members (excludes halogenated alkanes) is 3. The topological polar surface area (TPSA) is 26.3 Å². The number of benzene rings is 3. The molecule has 3 aromatic rings. The van der Waals surface area contributed by atoms with Gasteiger partial charge < -0.3 is 0 Å². The van der Waals surface area contributed by atoms with Gasteiger partial charge in [-0.25, -0.2) is 0 Å². The summed E-state index contributed by atoms with van der Waals surface area (Å²) in [5, 5.41) is -0.542. The Hall–Kier alpha value is -2.44. The van der Waals surface area contributed by atoms with Crippen molar-refractivity contribution in [1.82, 2.24) is 0 Å². The zero-order chi connectivity index (χ0) is 26.6. The van der Waals surface area contributed by atoms with Crippen molar-refractivity contribution in [1.29, 1.82) is 0 Å². The Kier molecular flexibility index (Phi) is 10.5. The Morgan fingerprint density at radius 3 is 1.19 bits per heavy atom. The third-order valence-corrected chi connectivity index (χ3v) is 15.4. The molecule has 0 unspecified atom stereocenters. The van der Waals surface area contributed by atoms with E-state index in [1.165, 1.54) is 16.7 Å². The van der Waals surface area contributed by atoms with E-state index in [9.17, 15) is 4.79 Å². The summed E-state index contributed by atoms with van der Waals surface area (Å²) in [6.45, 7) is 5.37. The molecule has 0 N–H and O–H groups in total. The SMILES string of the molecule is CCCCP(CCCC)(CCCC)(OC(=O)CC)C(c1ccccc1)(c1ccccc1)c1ccccc1. The molecule has 0 atom stereocenters. The van der Waals surface area contributed by atoms with E-state index in [2.05, 4.69) is 112 Å². The summed E-state index contributed by atoms with van der Waals surface area (Å²) in [4.78, 5) is 13.7. The van der Waals surface area contributed by atoms with Gasteiger partial charge in [-0.1, -0.05) is 0 Å². The molecule has 0 amide bonds. The van der Waals surface area contributed by atoms with Crippen LogP contribution in [-0.4, -0.2) is 24.5 Å². The second-order valence-electron chi connectivity index (χ2n) is 10.5. The molecule has 200 valence electrons. The molecule has 0 aliphatic heterocycles. The van der Waals surface area contributed by atoms with E-state index in [1.54, 1.807) is 0 Å². The van der Waals surface area contributed by atoms with Gasteiger partial charge in [0.25, 0.3) is 0 Å². The molecule has 0 heterocycles. The van der Waals surface area contributed by atoms with Gasteiger partial charge in [-0.3, -0.25) is 0 Å². The van der Waals surface area contributed by atoms with Gasteiger partial charge in [0.05, 0.1) is 0 Å². The van der Waals surface area contributed by atoms with E-state index in [-0.39, 0.29) is 5.97 Å². The summed E-state index contributed by atoms with van der Waals surface area (Å²) in [5.74, 6) is -0.0480. The van der Waals surface area contributed by atoms with Crippen LogP contribution in [0.2, 0.25) is 0 Å². The molecule has 3 rings (SSSR count). The second kappa shape index (κ2) is 13.4. The van der Waals surface area contributed by atoms with Crippen molar-refractivity contribution in [3.8, 4) is 0 Å². The molecule has 3 heteroatoms. The van der Waals surface area contributed by atoms with Crippen LogP contribution in [0.15, 0.2) is 91.0 Å². The first-order valence-electron chi connectivity index (χ1n) is 14.4. The fourth-order valence-electron chi connectivity index (χ4n) is 6.47. The molecule has 0 bridgehead atoms. The Labute approximate surface area is 225 Å². The van der Waals surface area contributed by atoms with E-state index < -0.39 is 12.0 Å². The Morgan fingerprint density at radius 2 is 0.919 bits per heavy atom. The van der Waals surface area contributed by atoms with Crippen LogP contribution in [0.4, 0.5) is 0 Å². The van der Waals surface area contributed by atoms with E-state index in [0.717, 1.165) is 57.0 Å². The summed E-state index contributed by atoms with van der Waals surface area (Å²) >= 11 is 0. The molecule has 37 heavy (non-hydrogen) atoms. The van der Waals surface area contributed by atoms with Crippen LogP contribution in [0.1, 0.15) is 89.3 Å². The number of hydrogen-bond donors (Lipinski definition) is 0. The van der Waals surface area contributed by atoms with Gasteiger partial charge in [0, 0.05) is 0 Å². The van der Waals surface area contributed by atoms with E-state index in [1.807, 2.05) is 6.92 Å². The number of carbonyl (C=O) groups excluding carboxylic acids is 1. The quantitative estimate of drug-likeness (QED) is 0.148. The average molecular weight is 519 g/mol. The summed E-state index contributed by atoms with van der Waals surface area (Å²) in [7, 11) is 0. The molecule has 0 radical (unpaired) electrons. The monoisotopic (exact) mass is 518 g/mol. The van der Waals surface area contributed by atoms with Gasteiger partial charge >= 0.3 is 226 Å². The molecule has 0 spiro atoms. The summed E-state index contributed by atoms with van der Waals surface area (Å²) < 4.78 is 7.30. The second-order valence-corrected chi connectivity index (χ2v) is 15.9. The Morgan fingerprint density at radius 1 is 0.595 bits per heavy atom. The van der Waals surface area contributed by atoms with Crippen molar-refractivity contribution in [2.45, 2.75) is 77.8 Å². The molecule has 0 aliphatic rings. The van der Waals surface area contributed by atoms with E-state index in [0.29, 0.717) is 6.42 Å². The van der Waals surface area contributed by atoms with Gasteiger partial charge in [-0.05, 0) is 0 Å². The summed E-state index contributed by atoms with van der Waals surface area (Å²) in [5.41, 5.74) is 3.74. The van der Waals surface area contributed by atoms with Crippen LogP contribution < -0.4 is 0 Å². The number of hydrogen-bond acceptors (Lipinski definition) is 2. The fourth-order valence-corrected chi connectivity index (χ4v) is 14.8. The summed E-state index contributed by atoms with van der Waals surface area (Å²) in [6.07, 6.45) is 9.64. The maximum atomic E-state index is 13.7. The zero-order valence-corrected chi connectivity index (χ0v) is 24.4. The minimum atomic E-state index is -3.38. The molecule has 3 aromatic carbocycles. The van der Waals surface area contributed by atoms with Crippen LogP contribution in [0.5, 0.6) is 0 Å². The van der Waals surface area contributed by atoms with E-state index in [4.69, 9.17) is 4.52 Å².